The summed E-state index contributed by atoms with van der Waals surface area (Å²) in [5.41, 5.74) is 0.938. The molecule has 1 aromatic carbocycles. The van der Waals surface area contributed by atoms with Gasteiger partial charge in [0.05, 0.1) is 16.0 Å². The predicted octanol–water partition coefficient (Wildman–Crippen LogP) is 3.51. The van der Waals surface area contributed by atoms with Crippen LogP contribution in [0.4, 0.5) is 0 Å². The second-order valence-corrected chi connectivity index (χ2v) is 6.60. The smallest absolute Gasteiger partial charge is 0.251 e. The molecule has 0 saturated heterocycles. The molecule has 5 nitrogen and oxygen atoms in total. The number of benzene rings is 1. The molecule has 23 heavy (non-hydrogen) atoms. The van der Waals surface area contributed by atoms with Crippen molar-refractivity contribution >= 4 is 38.9 Å². The van der Waals surface area contributed by atoms with E-state index in [1.54, 1.807) is 18.2 Å². The molecule has 3 aromatic rings. The van der Waals surface area contributed by atoms with Gasteiger partial charge in [-0.3, -0.25) is 0 Å². The van der Waals surface area contributed by atoms with Gasteiger partial charge in [-0.1, -0.05) is 12.1 Å². The molecule has 3 rings (SSSR count). The maximum Gasteiger partial charge on any atom is 0.251 e. The molecule has 0 fully saturated rings. The number of hydrogen-bond acceptors (Lipinski definition) is 6. The molecule has 0 atom stereocenters. The Balaban J connectivity index is 1.87. The zero-order valence-electron chi connectivity index (χ0n) is 11.8. The van der Waals surface area contributed by atoms with E-state index in [1.807, 2.05) is 30.3 Å². The number of aliphatic hydroxyl groups excluding tert-OH is 1. The number of aliphatic hydroxyl groups is 1. The van der Waals surface area contributed by atoms with Gasteiger partial charge in [-0.2, -0.15) is 9.99 Å². The summed E-state index contributed by atoms with van der Waals surface area (Å²) in [6, 6.07) is 14.6. The Kier molecular flexibility index (Phi) is 4.46. The summed E-state index contributed by atoms with van der Waals surface area (Å²) in [6.07, 6.45) is 1.39. The number of thiazole rings is 1. The fourth-order valence-electron chi connectivity index (χ4n) is 1.95. The van der Waals surface area contributed by atoms with E-state index in [9.17, 15) is 15.6 Å². The lowest BCUT2D eigenvalue weighted by molar-refractivity contribution is -0.645. The van der Waals surface area contributed by atoms with Gasteiger partial charge >= 0.3 is 0 Å². The molecule has 0 bridgehead atoms. The monoisotopic (exact) mass is 341 g/mol. The highest BCUT2D eigenvalue weighted by molar-refractivity contribution is 7.99. The van der Waals surface area contributed by atoms with Crippen molar-refractivity contribution in [3.8, 4) is 6.07 Å². The van der Waals surface area contributed by atoms with E-state index in [4.69, 9.17) is 0 Å². The summed E-state index contributed by atoms with van der Waals surface area (Å²) in [5, 5.41) is 32.1. The summed E-state index contributed by atoms with van der Waals surface area (Å²) in [5.74, 6) is 0.0471. The van der Waals surface area contributed by atoms with E-state index in [1.165, 1.54) is 29.3 Å². The van der Waals surface area contributed by atoms with Crippen molar-refractivity contribution in [2.45, 2.75) is 5.03 Å². The molecule has 2 heterocycles. The number of aromatic nitrogens is 2. The minimum absolute atomic E-state index is 0.0830. The first-order valence-corrected chi connectivity index (χ1v) is 8.48. The number of nitriles is 1. The molecule has 2 aromatic heterocycles. The Morgan fingerprint density at radius 3 is 2.83 bits per heavy atom. The molecule has 0 aliphatic heterocycles. The van der Waals surface area contributed by atoms with Crippen LogP contribution in [0.1, 0.15) is 5.01 Å². The fraction of sp³-hybridized carbons (Fsp3) is 0.0625. The third-order valence-electron chi connectivity index (χ3n) is 3.05. The van der Waals surface area contributed by atoms with Crippen molar-refractivity contribution < 1.29 is 9.84 Å². The first-order chi connectivity index (χ1) is 11.2. The van der Waals surface area contributed by atoms with Gasteiger partial charge in [0.25, 0.3) is 5.03 Å². The second-order valence-electron chi connectivity index (χ2n) is 4.57. The van der Waals surface area contributed by atoms with Gasteiger partial charge < -0.3 is 10.3 Å². The average Bonchev–Trinajstić information content (AvgIpc) is 2.98. The quantitative estimate of drug-likeness (QED) is 0.258. The molecule has 114 valence electrons. The minimum Gasteiger partial charge on any atom is -0.618 e. The Bertz CT molecular complexity index is 895. The summed E-state index contributed by atoms with van der Waals surface area (Å²) in [4.78, 5) is 4.38. The molecule has 0 amide bonds. The van der Waals surface area contributed by atoms with Crippen LogP contribution in [0.5, 0.6) is 0 Å². The number of allylic oxidation sites excluding steroid dienone is 1. The molecule has 0 radical (unpaired) electrons. The van der Waals surface area contributed by atoms with Crippen LogP contribution in [-0.4, -0.2) is 15.8 Å². The summed E-state index contributed by atoms with van der Waals surface area (Å²) < 4.78 is 1.68. The molecular formula is C16H11N3O2S2. The third-order valence-corrected chi connectivity index (χ3v) is 5.14. The third kappa shape index (κ3) is 3.28. The van der Waals surface area contributed by atoms with Crippen LogP contribution in [0.2, 0.25) is 0 Å². The Hall–Kier alpha value is -2.56. The molecule has 7 heteroatoms. The van der Waals surface area contributed by atoms with Crippen LogP contribution in [0.25, 0.3) is 15.8 Å². The molecule has 0 aliphatic carbocycles. The summed E-state index contributed by atoms with van der Waals surface area (Å²) >= 11 is 2.52. The van der Waals surface area contributed by atoms with Crippen molar-refractivity contribution in [3.05, 3.63) is 64.6 Å². The predicted molar refractivity (Wildman–Crippen MR) is 90.9 cm³/mol. The second kappa shape index (κ2) is 6.69. The molecular weight excluding hydrogens is 330 g/mol. The molecule has 0 saturated carbocycles. The van der Waals surface area contributed by atoms with Gasteiger partial charge in [0.1, 0.15) is 22.4 Å². The largest absolute Gasteiger partial charge is 0.618 e. The molecule has 0 unspecified atom stereocenters. The van der Waals surface area contributed by atoms with Gasteiger partial charge in [0.15, 0.2) is 6.20 Å². The van der Waals surface area contributed by atoms with Crippen LogP contribution in [0.3, 0.4) is 0 Å². The van der Waals surface area contributed by atoms with Gasteiger partial charge in [-0.15, -0.1) is 11.3 Å². The minimum atomic E-state index is -0.0830. The van der Waals surface area contributed by atoms with E-state index in [-0.39, 0.29) is 17.1 Å². The lowest BCUT2D eigenvalue weighted by Crippen LogP contribution is -2.27. The fourth-order valence-corrected chi connectivity index (χ4v) is 3.73. The lowest BCUT2D eigenvalue weighted by Gasteiger charge is -2.03. The highest BCUT2D eigenvalue weighted by Gasteiger charge is 2.15. The lowest BCUT2D eigenvalue weighted by atomic mass is 10.2. The first-order valence-electron chi connectivity index (χ1n) is 6.68. The number of nitrogens with zero attached hydrogens (tertiary/aromatic N) is 3. The number of hydrogen-bond donors (Lipinski definition) is 1. The van der Waals surface area contributed by atoms with E-state index in [0.29, 0.717) is 10.0 Å². The van der Waals surface area contributed by atoms with E-state index in [0.717, 1.165) is 14.9 Å². The average molecular weight is 341 g/mol. The SMILES string of the molecule is N#C/C(=C(\O)CSc1cccc[n+]1[O-])c1nc2ccccc2s1. The standard InChI is InChI=1S/C16H11N3O2S2/c17-9-11(16-18-12-5-1-2-6-14(12)23-16)13(20)10-22-15-7-3-4-8-19(15)21/h1-8,20H,10H2/b13-11+. The van der Waals surface area contributed by atoms with Crippen molar-refractivity contribution in [3.63, 3.8) is 0 Å². The van der Waals surface area contributed by atoms with Gasteiger partial charge in [0, 0.05) is 12.1 Å². The maximum absolute atomic E-state index is 11.6. The van der Waals surface area contributed by atoms with Crippen LogP contribution < -0.4 is 4.73 Å². The van der Waals surface area contributed by atoms with E-state index in [2.05, 4.69) is 4.98 Å². The maximum atomic E-state index is 11.6. The highest BCUT2D eigenvalue weighted by atomic mass is 32.2. The van der Waals surface area contributed by atoms with Gasteiger partial charge in [0.2, 0.25) is 0 Å². The van der Waals surface area contributed by atoms with Gasteiger partial charge in [-0.25, -0.2) is 4.98 Å². The topological polar surface area (TPSA) is 83.8 Å². The number of pyridine rings is 1. The zero-order chi connectivity index (χ0) is 16.2. The first kappa shape index (κ1) is 15.3. The number of thioether (sulfide) groups is 1. The number of para-hydroxylation sites is 1. The Morgan fingerprint density at radius 1 is 1.30 bits per heavy atom. The van der Waals surface area contributed by atoms with Crippen molar-refractivity contribution in [2.24, 2.45) is 0 Å². The van der Waals surface area contributed by atoms with Crippen LogP contribution in [-0.2, 0) is 0 Å². The normalized spacial score (nSPS) is 12.0. The molecule has 0 aliphatic rings. The summed E-state index contributed by atoms with van der Waals surface area (Å²) in [7, 11) is 0. The van der Waals surface area contributed by atoms with Crippen molar-refractivity contribution in [2.75, 3.05) is 5.75 Å². The van der Waals surface area contributed by atoms with Crippen LogP contribution >= 0.6 is 23.1 Å². The van der Waals surface area contributed by atoms with Crippen molar-refractivity contribution in [1.29, 1.82) is 5.26 Å². The van der Waals surface area contributed by atoms with E-state index < -0.39 is 0 Å². The zero-order valence-corrected chi connectivity index (χ0v) is 13.5. The van der Waals surface area contributed by atoms with E-state index >= 15 is 0 Å². The molecule has 0 spiro atoms. The van der Waals surface area contributed by atoms with Crippen LogP contribution in [0.15, 0.2) is 59.4 Å². The number of rotatable bonds is 4. The Labute approximate surface area is 140 Å². The number of fused-ring (bicyclic) bond motifs is 1. The Morgan fingerprint density at radius 2 is 2.09 bits per heavy atom. The highest BCUT2D eigenvalue weighted by Crippen LogP contribution is 2.29. The molecule has 1 N–H and O–H groups in total. The van der Waals surface area contributed by atoms with Gasteiger partial charge in [-0.05, 0) is 30.0 Å². The van der Waals surface area contributed by atoms with Crippen molar-refractivity contribution in [1.82, 2.24) is 4.98 Å². The van der Waals surface area contributed by atoms with Crippen LogP contribution in [0, 0.1) is 16.5 Å². The summed E-state index contributed by atoms with van der Waals surface area (Å²) in [6.45, 7) is 0.